The molecule has 0 N–H and O–H groups in total. The van der Waals surface area contributed by atoms with Crippen LogP contribution in [0.15, 0.2) is 12.1 Å². The van der Waals surface area contributed by atoms with Crippen molar-refractivity contribution >= 4 is 23.2 Å². The van der Waals surface area contributed by atoms with Crippen molar-refractivity contribution in [2.24, 2.45) is 0 Å². The second-order valence-electron chi connectivity index (χ2n) is 2.25. The van der Waals surface area contributed by atoms with E-state index in [1.807, 2.05) is 0 Å². The van der Waals surface area contributed by atoms with E-state index in [0.717, 1.165) is 6.07 Å². The van der Waals surface area contributed by atoms with Crippen LogP contribution < -0.4 is 0 Å². The lowest BCUT2D eigenvalue weighted by Crippen LogP contribution is -2.04. The SMILES string of the molecule is FC(F)C(F)c1ccc(Cl)nc1Cl. The van der Waals surface area contributed by atoms with Gasteiger partial charge in [0.2, 0.25) is 0 Å². The van der Waals surface area contributed by atoms with Gasteiger partial charge in [-0.25, -0.2) is 18.2 Å². The third-order valence-corrected chi connectivity index (χ3v) is 1.88. The largest absolute Gasteiger partial charge is 0.273 e. The number of nitrogens with zero attached hydrogens (tertiary/aromatic N) is 1. The monoisotopic (exact) mass is 229 g/mol. The molecule has 0 bridgehead atoms. The summed E-state index contributed by atoms with van der Waals surface area (Å²) in [5, 5.41) is -0.296. The number of hydrogen-bond acceptors (Lipinski definition) is 1. The Morgan fingerprint density at radius 3 is 2.23 bits per heavy atom. The van der Waals surface area contributed by atoms with Crippen molar-refractivity contribution in [1.29, 1.82) is 0 Å². The maximum Gasteiger partial charge on any atom is 0.273 e. The van der Waals surface area contributed by atoms with Crippen LogP contribution in [0.3, 0.4) is 0 Å². The van der Waals surface area contributed by atoms with Crippen LogP contribution in [0.25, 0.3) is 0 Å². The van der Waals surface area contributed by atoms with E-state index in [2.05, 4.69) is 4.98 Å². The number of aromatic nitrogens is 1. The highest BCUT2D eigenvalue weighted by molar-refractivity contribution is 6.32. The molecule has 0 fully saturated rings. The lowest BCUT2D eigenvalue weighted by atomic mass is 10.2. The van der Waals surface area contributed by atoms with E-state index in [0.29, 0.717) is 0 Å². The van der Waals surface area contributed by atoms with E-state index in [1.165, 1.54) is 6.07 Å². The van der Waals surface area contributed by atoms with Crippen molar-refractivity contribution in [1.82, 2.24) is 4.98 Å². The number of alkyl halides is 3. The fourth-order valence-electron chi connectivity index (χ4n) is 0.764. The third-order valence-electron chi connectivity index (χ3n) is 1.36. The van der Waals surface area contributed by atoms with Gasteiger partial charge in [-0.05, 0) is 12.1 Å². The van der Waals surface area contributed by atoms with Gasteiger partial charge in [0.25, 0.3) is 6.43 Å². The Kier molecular flexibility index (Phi) is 3.39. The molecule has 1 aromatic heterocycles. The van der Waals surface area contributed by atoms with Crippen molar-refractivity contribution in [2.75, 3.05) is 0 Å². The summed E-state index contributed by atoms with van der Waals surface area (Å²) in [5.41, 5.74) is -0.346. The van der Waals surface area contributed by atoms with Crippen molar-refractivity contribution < 1.29 is 13.2 Å². The Morgan fingerprint density at radius 1 is 1.15 bits per heavy atom. The fraction of sp³-hybridized carbons (Fsp3) is 0.286. The van der Waals surface area contributed by atoms with Crippen molar-refractivity contribution in [3.05, 3.63) is 28.0 Å². The predicted octanol–water partition coefficient (Wildman–Crippen LogP) is 3.66. The molecule has 1 nitrogen and oxygen atoms in total. The molecule has 0 saturated heterocycles. The molecule has 0 aliphatic carbocycles. The molecule has 1 atom stereocenters. The molecule has 6 heteroatoms. The Labute approximate surface area is 82.5 Å². The van der Waals surface area contributed by atoms with Crippen LogP contribution in [-0.2, 0) is 0 Å². The minimum absolute atomic E-state index is 0.0372. The molecular weight excluding hydrogens is 226 g/mol. The van der Waals surface area contributed by atoms with Crippen LogP contribution in [0.4, 0.5) is 13.2 Å². The first-order valence-corrected chi connectivity index (χ1v) is 4.02. The molecule has 1 aromatic rings. The van der Waals surface area contributed by atoms with Gasteiger partial charge in [0, 0.05) is 5.56 Å². The summed E-state index contributed by atoms with van der Waals surface area (Å²) in [6.07, 6.45) is -5.53. The van der Waals surface area contributed by atoms with Crippen molar-refractivity contribution in [3.63, 3.8) is 0 Å². The van der Waals surface area contributed by atoms with Gasteiger partial charge < -0.3 is 0 Å². The molecule has 1 rings (SSSR count). The molecule has 0 aromatic carbocycles. The first-order chi connectivity index (χ1) is 6.02. The zero-order valence-corrected chi connectivity index (χ0v) is 7.66. The van der Waals surface area contributed by atoms with Crippen LogP contribution in [-0.4, -0.2) is 11.4 Å². The Balaban J connectivity index is 3.01. The summed E-state index contributed by atoms with van der Waals surface area (Å²) in [6, 6.07) is 2.30. The average Bonchev–Trinajstić information content (AvgIpc) is 2.03. The maximum atomic E-state index is 12.7. The Bertz CT molecular complexity index is 306. The lowest BCUT2D eigenvalue weighted by Gasteiger charge is -2.08. The Morgan fingerprint density at radius 2 is 1.77 bits per heavy atom. The second kappa shape index (κ2) is 4.15. The van der Waals surface area contributed by atoms with E-state index >= 15 is 0 Å². The smallest absolute Gasteiger partial charge is 0.236 e. The molecule has 0 radical (unpaired) electrons. The highest BCUT2D eigenvalue weighted by Gasteiger charge is 2.24. The van der Waals surface area contributed by atoms with Crippen molar-refractivity contribution in [3.8, 4) is 0 Å². The highest BCUT2D eigenvalue weighted by atomic mass is 35.5. The van der Waals surface area contributed by atoms with Crippen molar-refractivity contribution in [2.45, 2.75) is 12.6 Å². The fourth-order valence-corrected chi connectivity index (χ4v) is 1.21. The molecule has 1 heterocycles. The molecule has 0 spiro atoms. The minimum Gasteiger partial charge on any atom is -0.236 e. The van der Waals surface area contributed by atoms with E-state index in [-0.39, 0.29) is 15.9 Å². The van der Waals surface area contributed by atoms with Gasteiger partial charge in [-0.3, -0.25) is 0 Å². The standard InChI is InChI=1S/C7H4Cl2F3N/c8-4-2-1-3(6(9)13-4)5(10)7(11)12/h1-2,5,7H. The van der Waals surface area contributed by atoms with Crippen LogP contribution in [0.5, 0.6) is 0 Å². The average molecular weight is 230 g/mol. The number of hydrogen-bond donors (Lipinski definition) is 0. The summed E-state index contributed by atoms with van der Waals surface area (Å²) >= 11 is 10.8. The number of pyridine rings is 1. The van der Waals surface area contributed by atoms with Gasteiger partial charge in [0.05, 0.1) is 0 Å². The van der Waals surface area contributed by atoms with Gasteiger partial charge in [-0.2, -0.15) is 0 Å². The van der Waals surface area contributed by atoms with Gasteiger partial charge in [-0.1, -0.05) is 23.2 Å². The van der Waals surface area contributed by atoms with Crippen LogP contribution in [0.1, 0.15) is 11.7 Å². The normalized spacial score (nSPS) is 13.4. The second-order valence-corrected chi connectivity index (χ2v) is 3.00. The molecular formula is C7H4Cl2F3N. The summed E-state index contributed by atoms with van der Waals surface area (Å²) in [4.78, 5) is 3.43. The van der Waals surface area contributed by atoms with Gasteiger partial charge in [0.1, 0.15) is 10.3 Å². The third kappa shape index (κ3) is 2.48. The van der Waals surface area contributed by atoms with Crippen LogP contribution >= 0.6 is 23.2 Å². The summed E-state index contributed by atoms with van der Waals surface area (Å²) in [6.45, 7) is 0. The molecule has 13 heavy (non-hydrogen) atoms. The maximum absolute atomic E-state index is 12.7. The van der Waals surface area contributed by atoms with E-state index in [4.69, 9.17) is 23.2 Å². The zero-order valence-electron chi connectivity index (χ0n) is 6.15. The highest BCUT2D eigenvalue weighted by Crippen LogP contribution is 2.30. The molecule has 1 unspecified atom stereocenters. The van der Waals surface area contributed by atoms with Gasteiger partial charge >= 0.3 is 0 Å². The predicted molar refractivity (Wildman–Crippen MR) is 44.1 cm³/mol. The summed E-state index contributed by atoms with van der Waals surface area (Å²) in [5.74, 6) is 0. The number of rotatable bonds is 2. The van der Waals surface area contributed by atoms with E-state index < -0.39 is 12.6 Å². The zero-order chi connectivity index (χ0) is 10.0. The molecule has 0 amide bonds. The first-order valence-electron chi connectivity index (χ1n) is 3.26. The van der Waals surface area contributed by atoms with E-state index in [9.17, 15) is 13.2 Å². The lowest BCUT2D eigenvalue weighted by molar-refractivity contribution is 0.0494. The van der Waals surface area contributed by atoms with Crippen LogP contribution in [0.2, 0.25) is 10.3 Å². The minimum atomic E-state index is -3.11. The first kappa shape index (κ1) is 10.6. The Hall–Kier alpha value is -0.480. The summed E-state index contributed by atoms with van der Waals surface area (Å²) < 4.78 is 36.5. The van der Waals surface area contributed by atoms with Crippen LogP contribution in [0, 0.1) is 0 Å². The molecule has 72 valence electrons. The van der Waals surface area contributed by atoms with Gasteiger partial charge in [-0.15, -0.1) is 0 Å². The quantitative estimate of drug-likeness (QED) is 0.706. The van der Waals surface area contributed by atoms with Gasteiger partial charge in [0.15, 0.2) is 6.17 Å². The molecule has 0 aliphatic rings. The summed E-state index contributed by atoms with van der Waals surface area (Å²) in [7, 11) is 0. The molecule has 0 aliphatic heterocycles. The number of halogens is 5. The topological polar surface area (TPSA) is 12.9 Å². The van der Waals surface area contributed by atoms with E-state index in [1.54, 1.807) is 0 Å². The molecule has 0 saturated carbocycles.